The highest BCUT2D eigenvalue weighted by molar-refractivity contribution is 7.89. The summed E-state index contributed by atoms with van der Waals surface area (Å²) in [5.41, 5.74) is 0. The fraction of sp³-hybridized carbons (Fsp3) is 0.500. The number of sulfonamides is 1. The molecule has 0 aliphatic rings. The van der Waals surface area contributed by atoms with E-state index in [9.17, 15) is 8.42 Å². The van der Waals surface area contributed by atoms with Gasteiger partial charge in [0.2, 0.25) is 10.0 Å². The zero-order valence-electron chi connectivity index (χ0n) is 10.8. The van der Waals surface area contributed by atoms with Crippen LogP contribution in [0.15, 0.2) is 29.2 Å². The van der Waals surface area contributed by atoms with Crippen molar-refractivity contribution in [1.82, 2.24) is 10.0 Å². The fourth-order valence-electron chi connectivity index (χ4n) is 1.44. The molecule has 0 saturated heterocycles. The Labute approximate surface area is 109 Å². The van der Waals surface area contributed by atoms with Crippen LogP contribution in [-0.4, -0.2) is 35.2 Å². The molecule has 0 bridgehead atoms. The first kappa shape index (κ1) is 14.9. The second-order valence-corrected chi connectivity index (χ2v) is 5.53. The van der Waals surface area contributed by atoms with Crippen molar-refractivity contribution >= 4 is 10.0 Å². The van der Waals surface area contributed by atoms with Crippen LogP contribution in [0.5, 0.6) is 5.75 Å². The highest BCUT2D eigenvalue weighted by atomic mass is 32.2. The molecule has 0 amide bonds. The Morgan fingerprint density at radius 3 is 2.39 bits per heavy atom. The predicted octanol–water partition coefficient (Wildman–Crippen LogP) is 0.973. The quantitative estimate of drug-likeness (QED) is 0.692. The number of rotatable bonds is 8. The molecule has 1 aromatic rings. The molecule has 0 fully saturated rings. The van der Waals surface area contributed by atoms with E-state index in [4.69, 9.17) is 4.74 Å². The molecule has 0 aliphatic carbocycles. The zero-order chi connectivity index (χ0) is 13.4. The maximum atomic E-state index is 11.9. The summed E-state index contributed by atoms with van der Waals surface area (Å²) >= 11 is 0. The number of benzene rings is 1. The van der Waals surface area contributed by atoms with Crippen molar-refractivity contribution in [2.24, 2.45) is 0 Å². The van der Waals surface area contributed by atoms with Gasteiger partial charge in [-0.15, -0.1) is 0 Å². The third-order valence-corrected chi connectivity index (χ3v) is 3.82. The van der Waals surface area contributed by atoms with Gasteiger partial charge in [0.15, 0.2) is 0 Å². The molecule has 2 N–H and O–H groups in total. The van der Waals surface area contributed by atoms with Gasteiger partial charge < -0.3 is 10.1 Å². The van der Waals surface area contributed by atoms with E-state index in [1.165, 1.54) is 0 Å². The second kappa shape index (κ2) is 7.35. The average Bonchev–Trinajstić information content (AvgIpc) is 2.36. The lowest BCUT2D eigenvalue weighted by Gasteiger charge is -2.08. The summed E-state index contributed by atoms with van der Waals surface area (Å²) in [5.74, 6) is 0.673. The van der Waals surface area contributed by atoms with Crippen LogP contribution in [-0.2, 0) is 10.0 Å². The lowest BCUT2D eigenvalue weighted by Crippen LogP contribution is -2.26. The predicted molar refractivity (Wildman–Crippen MR) is 71.3 cm³/mol. The van der Waals surface area contributed by atoms with Gasteiger partial charge in [0.1, 0.15) is 5.75 Å². The van der Waals surface area contributed by atoms with E-state index >= 15 is 0 Å². The molecule has 6 heteroatoms. The van der Waals surface area contributed by atoms with Gasteiger partial charge in [0, 0.05) is 6.54 Å². The molecule has 0 radical (unpaired) electrons. The van der Waals surface area contributed by atoms with Crippen LogP contribution in [0, 0.1) is 0 Å². The van der Waals surface area contributed by atoms with Crippen LogP contribution in [0.1, 0.15) is 13.3 Å². The van der Waals surface area contributed by atoms with Crippen LogP contribution in [0.3, 0.4) is 0 Å². The summed E-state index contributed by atoms with van der Waals surface area (Å²) in [6, 6.07) is 6.41. The highest BCUT2D eigenvalue weighted by Gasteiger charge is 2.12. The minimum absolute atomic E-state index is 0.260. The van der Waals surface area contributed by atoms with Crippen molar-refractivity contribution < 1.29 is 13.2 Å². The van der Waals surface area contributed by atoms with E-state index in [0.29, 0.717) is 18.9 Å². The van der Waals surface area contributed by atoms with Crippen molar-refractivity contribution in [2.45, 2.75) is 18.2 Å². The zero-order valence-corrected chi connectivity index (χ0v) is 11.6. The van der Waals surface area contributed by atoms with E-state index in [0.717, 1.165) is 13.0 Å². The molecular formula is C12H20N2O3S. The monoisotopic (exact) mass is 272 g/mol. The lowest BCUT2D eigenvalue weighted by molar-refractivity contribution is 0.340. The first-order valence-corrected chi connectivity index (χ1v) is 7.45. The minimum Gasteiger partial charge on any atom is -0.494 e. The summed E-state index contributed by atoms with van der Waals surface area (Å²) in [6.07, 6.45) is 0.757. The maximum Gasteiger partial charge on any atom is 0.240 e. The fourth-order valence-corrected chi connectivity index (χ4v) is 2.51. The van der Waals surface area contributed by atoms with Gasteiger partial charge in [-0.2, -0.15) is 0 Å². The number of hydrogen-bond acceptors (Lipinski definition) is 4. The molecule has 0 atom stereocenters. The van der Waals surface area contributed by atoms with Crippen molar-refractivity contribution in [2.75, 3.05) is 26.7 Å². The first-order chi connectivity index (χ1) is 8.60. The SMILES string of the molecule is CCOc1ccc(S(=O)(=O)NCCCNC)cc1. The van der Waals surface area contributed by atoms with Crippen molar-refractivity contribution in [3.63, 3.8) is 0 Å². The Kier molecular flexibility index (Phi) is 6.11. The van der Waals surface area contributed by atoms with Gasteiger partial charge in [-0.3, -0.25) is 0 Å². The van der Waals surface area contributed by atoms with E-state index in [1.54, 1.807) is 24.3 Å². The molecule has 0 heterocycles. The lowest BCUT2D eigenvalue weighted by atomic mass is 10.3. The van der Waals surface area contributed by atoms with Gasteiger partial charge in [-0.05, 0) is 51.2 Å². The summed E-state index contributed by atoms with van der Waals surface area (Å²) in [6.45, 7) is 3.66. The molecule has 0 unspecified atom stereocenters. The van der Waals surface area contributed by atoms with Gasteiger partial charge in [-0.1, -0.05) is 0 Å². The van der Waals surface area contributed by atoms with E-state index < -0.39 is 10.0 Å². The standard InChI is InChI=1S/C12H20N2O3S/c1-3-17-11-5-7-12(8-6-11)18(15,16)14-10-4-9-13-2/h5-8,13-14H,3-4,9-10H2,1-2H3. The number of hydrogen-bond donors (Lipinski definition) is 2. The molecular weight excluding hydrogens is 252 g/mol. The van der Waals surface area contributed by atoms with Gasteiger partial charge in [-0.25, -0.2) is 13.1 Å². The molecule has 0 aliphatic heterocycles. The molecule has 0 aromatic heterocycles. The third kappa shape index (κ3) is 4.64. The summed E-state index contributed by atoms with van der Waals surface area (Å²) in [5, 5.41) is 2.96. The van der Waals surface area contributed by atoms with Gasteiger partial charge in [0.05, 0.1) is 11.5 Å². The molecule has 1 rings (SSSR count). The largest absolute Gasteiger partial charge is 0.494 e. The van der Waals surface area contributed by atoms with Crippen LogP contribution in [0.4, 0.5) is 0 Å². The third-order valence-electron chi connectivity index (χ3n) is 2.34. The molecule has 102 valence electrons. The Hall–Kier alpha value is -1.11. The van der Waals surface area contributed by atoms with Crippen molar-refractivity contribution in [3.8, 4) is 5.75 Å². The Bertz CT molecular complexity index is 443. The Balaban J connectivity index is 2.61. The highest BCUT2D eigenvalue weighted by Crippen LogP contribution is 2.15. The smallest absolute Gasteiger partial charge is 0.240 e. The van der Waals surface area contributed by atoms with Crippen LogP contribution >= 0.6 is 0 Å². The Morgan fingerprint density at radius 1 is 1.17 bits per heavy atom. The van der Waals surface area contributed by atoms with E-state index in [1.807, 2.05) is 14.0 Å². The van der Waals surface area contributed by atoms with Crippen molar-refractivity contribution in [1.29, 1.82) is 0 Å². The maximum absolute atomic E-state index is 11.9. The van der Waals surface area contributed by atoms with E-state index in [2.05, 4.69) is 10.0 Å². The molecule has 0 saturated carbocycles. The van der Waals surface area contributed by atoms with Crippen LogP contribution in [0.25, 0.3) is 0 Å². The Morgan fingerprint density at radius 2 is 1.83 bits per heavy atom. The van der Waals surface area contributed by atoms with E-state index in [-0.39, 0.29) is 4.90 Å². The summed E-state index contributed by atoms with van der Waals surface area (Å²) < 4.78 is 31.6. The normalized spacial score (nSPS) is 11.4. The van der Waals surface area contributed by atoms with Crippen LogP contribution < -0.4 is 14.8 Å². The number of nitrogens with one attached hydrogen (secondary N) is 2. The molecule has 5 nitrogen and oxygen atoms in total. The number of ether oxygens (including phenoxy) is 1. The van der Waals surface area contributed by atoms with Crippen LogP contribution in [0.2, 0.25) is 0 Å². The van der Waals surface area contributed by atoms with Gasteiger partial charge >= 0.3 is 0 Å². The first-order valence-electron chi connectivity index (χ1n) is 5.97. The molecule has 1 aromatic carbocycles. The van der Waals surface area contributed by atoms with Gasteiger partial charge in [0.25, 0.3) is 0 Å². The summed E-state index contributed by atoms with van der Waals surface area (Å²) in [4.78, 5) is 0.260. The minimum atomic E-state index is -3.41. The summed E-state index contributed by atoms with van der Waals surface area (Å²) in [7, 11) is -1.57. The second-order valence-electron chi connectivity index (χ2n) is 3.76. The molecule has 0 spiro atoms. The molecule has 18 heavy (non-hydrogen) atoms. The average molecular weight is 272 g/mol. The van der Waals surface area contributed by atoms with Crippen molar-refractivity contribution in [3.05, 3.63) is 24.3 Å². The topological polar surface area (TPSA) is 67.4 Å².